The Morgan fingerprint density at radius 2 is 1.97 bits per heavy atom. The number of carbonyl (C=O) groups excluding carboxylic acids is 1. The Bertz CT molecular complexity index is 1360. The summed E-state index contributed by atoms with van der Waals surface area (Å²) in [6.45, 7) is 0.892. The van der Waals surface area contributed by atoms with Crippen LogP contribution in [0.25, 0.3) is 10.2 Å². The Hall–Kier alpha value is -3.17. The lowest BCUT2D eigenvalue weighted by molar-refractivity contribution is -0.133. The van der Waals surface area contributed by atoms with Gasteiger partial charge in [-0.1, -0.05) is 6.07 Å². The minimum Gasteiger partial charge on any atom is -0.493 e. The molecule has 0 saturated carbocycles. The number of rotatable bonds is 6. The number of hydrogen-bond acceptors (Lipinski definition) is 7. The Labute approximate surface area is 198 Å². The Kier molecular flexibility index (Phi) is 5.90. The number of thiophene rings is 2. The van der Waals surface area contributed by atoms with Crippen LogP contribution >= 0.6 is 22.7 Å². The van der Waals surface area contributed by atoms with Crippen molar-refractivity contribution in [1.82, 2.24) is 14.5 Å². The van der Waals surface area contributed by atoms with Crippen LogP contribution in [0.15, 0.2) is 52.2 Å². The van der Waals surface area contributed by atoms with Crippen molar-refractivity contribution in [1.29, 1.82) is 0 Å². The number of amides is 1. The average molecular weight is 482 g/mol. The van der Waals surface area contributed by atoms with Crippen LogP contribution < -0.4 is 15.0 Å². The molecule has 0 bridgehead atoms. The second kappa shape index (κ2) is 8.99. The van der Waals surface area contributed by atoms with Crippen LogP contribution in [0.1, 0.15) is 28.5 Å². The van der Waals surface area contributed by atoms with Crippen LogP contribution in [0, 0.1) is 0 Å². The third kappa shape index (κ3) is 3.91. The lowest BCUT2D eigenvalue weighted by atomic mass is 9.90. The van der Waals surface area contributed by atoms with E-state index in [0.717, 1.165) is 27.3 Å². The van der Waals surface area contributed by atoms with Gasteiger partial charge in [-0.3, -0.25) is 14.2 Å². The number of methoxy groups -OCH3 is 2. The highest BCUT2D eigenvalue weighted by Gasteiger charge is 2.33. The highest BCUT2D eigenvalue weighted by atomic mass is 32.1. The number of aromatic nitrogens is 2. The quantitative estimate of drug-likeness (QED) is 0.415. The summed E-state index contributed by atoms with van der Waals surface area (Å²) in [5.74, 6) is 1.34. The fraction of sp³-hybridized carbons (Fsp3) is 0.292. The van der Waals surface area contributed by atoms with Gasteiger partial charge < -0.3 is 14.4 Å². The number of aryl methyl sites for hydroxylation is 1. The van der Waals surface area contributed by atoms with Gasteiger partial charge in [0.05, 0.1) is 32.0 Å². The molecule has 7 nitrogen and oxygen atoms in total. The van der Waals surface area contributed by atoms with Crippen molar-refractivity contribution in [3.63, 3.8) is 0 Å². The molecule has 1 amide bonds. The highest BCUT2D eigenvalue weighted by Crippen LogP contribution is 2.42. The van der Waals surface area contributed by atoms with Gasteiger partial charge in [0.1, 0.15) is 4.83 Å². The van der Waals surface area contributed by atoms with Gasteiger partial charge in [0.25, 0.3) is 5.56 Å². The lowest BCUT2D eigenvalue weighted by Gasteiger charge is -2.37. The predicted molar refractivity (Wildman–Crippen MR) is 130 cm³/mol. The number of nitrogens with zero attached hydrogens (tertiary/aromatic N) is 3. The van der Waals surface area contributed by atoms with Crippen LogP contribution in [0.5, 0.6) is 11.5 Å². The Morgan fingerprint density at radius 1 is 1.15 bits per heavy atom. The van der Waals surface area contributed by atoms with Gasteiger partial charge >= 0.3 is 0 Å². The molecule has 33 heavy (non-hydrogen) atoms. The molecular formula is C24H23N3O4S2. The molecule has 9 heteroatoms. The molecule has 0 aliphatic carbocycles. The molecule has 4 heterocycles. The molecule has 5 rings (SSSR count). The maximum absolute atomic E-state index is 13.4. The van der Waals surface area contributed by atoms with Crippen molar-refractivity contribution in [2.75, 3.05) is 20.8 Å². The standard InChI is InChI=1S/C24H23N3O4S2/c1-30-18-12-15-5-9-27(22(20-4-3-10-32-20)17(15)13-19(18)31-2)21(28)6-8-26-14-25-23-16(24(26)29)7-11-33-23/h3-4,7,10-14,22H,5-6,8-9H2,1-2H3. The molecule has 1 atom stereocenters. The third-order valence-electron chi connectivity index (χ3n) is 6.02. The van der Waals surface area contributed by atoms with E-state index in [-0.39, 0.29) is 23.9 Å². The van der Waals surface area contributed by atoms with Gasteiger partial charge in [0.15, 0.2) is 11.5 Å². The molecule has 0 spiro atoms. The zero-order chi connectivity index (χ0) is 22.9. The molecule has 3 aromatic heterocycles. The molecule has 1 unspecified atom stereocenters. The Balaban J connectivity index is 1.45. The fourth-order valence-electron chi connectivity index (χ4n) is 4.38. The first-order valence-corrected chi connectivity index (χ1v) is 12.4. The van der Waals surface area contributed by atoms with E-state index in [1.54, 1.807) is 31.6 Å². The first kappa shape index (κ1) is 21.7. The van der Waals surface area contributed by atoms with Crippen molar-refractivity contribution in [3.8, 4) is 11.5 Å². The van der Waals surface area contributed by atoms with E-state index >= 15 is 0 Å². The summed E-state index contributed by atoms with van der Waals surface area (Å²) in [6.07, 6.45) is 2.49. The van der Waals surface area contributed by atoms with E-state index < -0.39 is 0 Å². The molecule has 0 saturated heterocycles. The van der Waals surface area contributed by atoms with Gasteiger partial charge in [-0.15, -0.1) is 22.7 Å². The first-order valence-electron chi connectivity index (χ1n) is 10.6. The second-order valence-electron chi connectivity index (χ2n) is 7.79. The van der Waals surface area contributed by atoms with Crippen LogP contribution in [-0.2, 0) is 17.8 Å². The van der Waals surface area contributed by atoms with Gasteiger partial charge in [-0.2, -0.15) is 0 Å². The summed E-state index contributed by atoms with van der Waals surface area (Å²) in [5, 5.41) is 4.47. The van der Waals surface area contributed by atoms with Crippen LogP contribution in [-0.4, -0.2) is 41.1 Å². The van der Waals surface area contributed by atoms with Gasteiger partial charge in [-0.25, -0.2) is 4.98 Å². The second-order valence-corrected chi connectivity index (χ2v) is 9.67. The SMILES string of the molecule is COc1cc2c(cc1OC)C(c1cccs1)N(C(=O)CCn1cnc3sccc3c1=O)CC2. The average Bonchev–Trinajstić information content (AvgIpc) is 3.54. The van der Waals surface area contributed by atoms with E-state index in [1.807, 2.05) is 33.9 Å². The van der Waals surface area contributed by atoms with Crippen LogP contribution in [0.4, 0.5) is 0 Å². The van der Waals surface area contributed by atoms with E-state index in [9.17, 15) is 9.59 Å². The number of ether oxygens (including phenoxy) is 2. The molecule has 1 aliphatic heterocycles. The maximum Gasteiger partial charge on any atom is 0.262 e. The Morgan fingerprint density at radius 3 is 2.73 bits per heavy atom. The van der Waals surface area contributed by atoms with E-state index in [2.05, 4.69) is 11.1 Å². The number of fused-ring (bicyclic) bond motifs is 2. The zero-order valence-electron chi connectivity index (χ0n) is 18.3. The summed E-state index contributed by atoms with van der Waals surface area (Å²) in [7, 11) is 3.25. The monoisotopic (exact) mass is 481 g/mol. The molecule has 170 valence electrons. The minimum absolute atomic E-state index is 0.00569. The van der Waals surface area contributed by atoms with Crippen LogP contribution in [0.2, 0.25) is 0 Å². The van der Waals surface area contributed by atoms with Gasteiger partial charge in [-0.05, 0) is 52.6 Å². The van der Waals surface area contributed by atoms with Crippen molar-refractivity contribution in [3.05, 3.63) is 73.8 Å². The largest absolute Gasteiger partial charge is 0.493 e. The van der Waals surface area contributed by atoms with Gasteiger partial charge in [0.2, 0.25) is 5.91 Å². The number of benzene rings is 1. The van der Waals surface area contributed by atoms with E-state index in [0.29, 0.717) is 30.0 Å². The lowest BCUT2D eigenvalue weighted by Crippen LogP contribution is -2.41. The molecular weight excluding hydrogens is 458 g/mol. The number of carbonyl (C=O) groups is 1. The number of hydrogen-bond donors (Lipinski definition) is 0. The van der Waals surface area contributed by atoms with E-state index in [1.165, 1.54) is 22.2 Å². The zero-order valence-corrected chi connectivity index (χ0v) is 19.9. The molecule has 1 aliphatic rings. The van der Waals surface area contributed by atoms with Crippen molar-refractivity contribution < 1.29 is 14.3 Å². The molecule has 0 N–H and O–H groups in total. The first-order chi connectivity index (χ1) is 16.1. The minimum atomic E-state index is -0.199. The van der Waals surface area contributed by atoms with Crippen molar-refractivity contribution >= 4 is 38.8 Å². The van der Waals surface area contributed by atoms with Crippen LogP contribution in [0.3, 0.4) is 0 Å². The topological polar surface area (TPSA) is 73.7 Å². The van der Waals surface area contributed by atoms with Crippen molar-refractivity contribution in [2.24, 2.45) is 0 Å². The van der Waals surface area contributed by atoms with E-state index in [4.69, 9.17) is 9.47 Å². The molecule has 0 radical (unpaired) electrons. The summed E-state index contributed by atoms with van der Waals surface area (Å²) < 4.78 is 12.6. The highest BCUT2D eigenvalue weighted by molar-refractivity contribution is 7.16. The van der Waals surface area contributed by atoms with Gasteiger partial charge in [0, 0.05) is 24.4 Å². The summed E-state index contributed by atoms with van der Waals surface area (Å²) in [4.78, 5) is 34.2. The molecule has 0 fully saturated rings. The maximum atomic E-state index is 13.4. The summed E-state index contributed by atoms with van der Waals surface area (Å²) >= 11 is 3.06. The van der Waals surface area contributed by atoms with Crippen molar-refractivity contribution in [2.45, 2.75) is 25.4 Å². The summed E-state index contributed by atoms with van der Waals surface area (Å²) in [6, 6.07) is 9.63. The summed E-state index contributed by atoms with van der Waals surface area (Å²) in [5.41, 5.74) is 2.09. The smallest absolute Gasteiger partial charge is 0.262 e. The fourth-order valence-corrected chi connectivity index (χ4v) is 5.96. The normalized spacial score (nSPS) is 15.5. The predicted octanol–water partition coefficient (Wildman–Crippen LogP) is 4.10. The third-order valence-corrected chi connectivity index (χ3v) is 7.77. The molecule has 4 aromatic rings. The molecule has 1 aromatic carbocycles.